The van der Waals surface area contributed by atoms with Crippen LogP contribution in [0, 0.1) is 5.92 Å². The molecule has 0 aromatic carbocycles. The molecule has 1 unspecified atom stereocenters. The summed E-state index contributed by atoms with van der Waals surface area (Å²) >= 11 is 0. The van der Waals surface area contributed by atoms with Crippen LogP contribution in [0.4, 0.5) is 4.79 Å². The number of likely N-dealkylation sites (tertiary alicyclic amines) is 1. The monoisotopic (exact) mass is 358 g/mol. The Morgan fingerprint density at radius 3 is 2.62 bits per heavy atom. The minimum atomic E-state index is -0.658. The number of piperazine rings is 1. The Kier molecular flexibility index (Phi) is 3.17. The van der Waals surface area contributed by atoms with Gasteiger partial charge in [-0.3, -0.25) is 14.5 Å². The number of fused-ring (bicyclic) bond motifs is 2. The standard InChI is InChI=1S/C18H22N4O4/c1-19-6-2-3-13(19)16(24)20-7-8-22-14(9-20)18(26-17(22)25)10-21(11-18)15(23)12-4-5-12/h2-3,6,12,14H,4-5,7-11H2,1H3. The van der Waals surface area contributed by atoms with Crippen LogP contribution in [-0.4, -0.2) is 81.5 Å². The van der Waals surface area contributed by atoms with E-state index >= 15 is 0 Å². The summed E-state index contributed by atoms with van der Waals surface area (Å²) in [4.78, 5) is 42.7. The smallest absolute Gasteiger partial charge is 0.411 e. The average Bonchev–Trinajstić information content (AvgIpc) is 3.30. The molecule has 3 saturated heterocycles. The topological polar surface area (TPSA) is 75.1 Å². The van der Waals surface area contributed by atoms with Crippen molar-refractivity contribution in [2.24, 2.45) is 13.0 Å². The van der Waals surface area contributed by atoms with Crippen LogP contribution in [0.25, 0.3) is 0 Å². The van der Waals surface area contributed by atoms with Gasteiger partial charge in [0, 0.05) is 38.8 Å². The molecule has 4 aliphatic rings. The van der Waals surface area contributed by atoms with Crippen molar-refractivity contribution in [3.05, 3.63) is 24.0 Å². The maximum atomic E-state index is 12.8. The van der Waals surface area contributed by atoms with Crippen molar-refractivity contribution < 1.29 is 19.1 Å². The number of nitrogens with zero attached hydrogens (tertiary/aromatic N) is 4. The van der Waals surface area contributed by atoms with Gasteiger partial charge in [-0.15, -0.1) is 0 Å². The third-order valence-electron chi connectivity index (χ3n) is 6.12. The van der Waals surface area contributed by atoms with E-state index < -0.39 is 5.60 Å². The van der Waals surface area contributed by atoms with Crippen LogP contribution >= 0.6 is 0 Å². The number of hydrogen-bond acceptors (Lipinski definition) is 4. The van der Waals surface area contributed by atoms with Crippen LogP contribution in [0.1, 0.15) is 23.3 Å². The van der Waals surface area contributed by atoms with Crippen LogP contribution in [0.2, 0.25) is 0 Å². The fourth-order valence-electron chi connectivity index (χ4n) is 4.40. The Hall–Kier alpha value is -2.51. The summed E-state index contributed by atoms with van der Waals surface area (Å²) in [5, 5.41) is 0. The van der Waals surface area contributed by atoms with Gasteiger partial charge in [0.05, 0.1) is 19.1 Å². The van der Waals surface area contributed by atoms with Crippen molar-refractivity contribution in [2.45, 2.75) is 24.5 Å². The van der Waals surface area contributed by atoms with Crippen molar-refractivity contribution >= 4 is 17.9 Å². The Morgan fingerprint density at radius 2 is 1.96 bits per heavy atom. The molecule has 5 rings (SSSR count). The van der Waals surface area contributed by atoms with Gasteiger partial charge in [-0.25, -0.2) is 4.79 Å². The minimum absolute atomic E-state index is 0.0307. The van der Waals surface area contributed by atoms with E-state index in [-0.39, 0.29) is 29.9 Å². The van der Waals surface area contributed by atoms with Gasteiger partial charge in [0.15, 0.2) is 5.60 Å². The molecule has 138 valence electrons. The summed E-state index contributed by atoms with van der Waals surface area (Å²) in [5.41, 5.74) is -0.0219. The zero-order valence-corrected chi connectivity index (χ0v) is 14.8. The number of carbonyl (C=O) groups is 3. The number of carbonyl (C=O) groups excluding carboxylic acids is 3. The second kappa shape index (κ2) is 5.25. The van der Waals surface area contributed by atoms with Crippen LogP contribution in [0.3, 0.4) is 0 Å². The zero-order valence-electron chi connectivity index (χ0n) is 14.8. The predicted molar refractivity (Wildman–Crippen MR) is 90.3 cm³/mol. The van der Waals surface area contributed by atoms with Crippen LogP contribution in [-0.2, 0) is 16.6 Å². The van der Waals surface area contributed by atoms with Gasteiger partial charge in [0.2, 0.25) is 5.91 Å². The fraction of sp³-hybridized carbons (Fsp3) is 0.611. The molecule has 1 atom stereocenters. The zero-order chi connectivity index (χ0) is 18.1. The van der Waals surface area contributed by atoms with Crippen molar-refractivity contribution in [1.82, 2.24) is 19.3 Å². The fourth-order valence-corrected chi connectivity index (χ4v) is 4.40. The molecule has 4 fully saturated rings. The van der Waals surface area contributed by atoms with E-state index in [4.69, 9.17) is 4.74 Å². The molecule has 8 heteroatoms. The second-order valence-corrected chi connectivity index (χ2v) is 7.87. The first-order valence-electron chi connectivity index (χ1n) is 9.17. The summed E-state index contributed by atoms with van der Waals surface area (Å²) in [5.74, 6) is 0.317. The molecule has 1 spiro atoms. The molecule has 0 bridgehead atoms. The van der Waals surface area contributed by atoms with Gasteiger partial charge in [-0.1, -0.05) is 0 Å². The highest BCUT2D eigenvalue weighted by atomic mass is 16.6. The molecule has 4 heterocycles. The lowest BCUT2D eigenvalue weighted by molar-refractivity contribution is -0.156. The van der Waals surface area contributed by atoms with Gasteiger partial charge < -0.3 is 19.1 Å². The average molecular weight is 358 g/mol. The number of hydrogen-bond donors (Lipinski definition) is 0. The maximum absolute atomic E-state index is 12.8. The molecule has 1 aromatic heterocycles. The van der Waals surface area contributed by atoms with E-state index in [1.54, 1.807) is 25.3 Å². The summed E-state index contributed by atoms with van der Waals surface area (Å²) in [6.07, 6.45) is 3.47. The Labute approximate surface area is 151 Å². The van der Waals surface area contributed by atoms with Crippen molar-refractivity contribution in [3.63, 3.8) is 0 Å². The predicted octanol–water partition coefficient (Wildman–Crippen LogP) is 0.293. The van der Waals surface area contributed by atoms with Gasteiger partial charge in [0.25, 0.3) is 5.91 Å². The Balaban J connectivity index is 1.33. The molecular weight excluding hydrogens is 336 g/mol. The number of rotatable bonds is 2. The first-order valence-corrected chi connectivity index (χ1v) is 9.17. The van der Waals surface area contributed by atoms with E-state index in [1.807, 2.05) is 19.3 Å². The summed E-state index contributed by atoms with van der Waals surface area (Å²) in [7, 11) is 1.85. The highest BCUT2D eigenvalue weighted by molar-refractivity contribution is 5.93. The molecule has 26 heavy (non-hydrogen) atoms. The van der Waals surface area contributed by atoms with Crippen molar-refractivity contribution in [3.8, 4) is 0 Å². The number of aryl methyl sites for hydroxylation is 1. The van der Waals surface area contributed by atoms with Gasteiger partial charge in [-0.05, 0) is 25.0 Å². The van der Waals surface area contributed by atoms with E-state index in [2.05, 4.69) is 0 Å². The molecule has 0 N–H and O–H groups in total. The lowest BCUT2D eigenvalue weighted by Crippen LogP contribution is -2.72. The second-order valence-electron chi connectivity index (χ2n) is 7.87. The van der Waals surface area contributed by atoms with Crippen LogP contribution in [0.15, 0.2) is 18.3 Å². The highest BCUT2D eigenvalue weighted by Gasteiger charge is 2.63. The van der Waals surface area contributed by atoms with E-state index in [1.165, 1.54) is 0 Å². The van der Waals surface area contributed by atoms with Gasteiger partial charge in [0.1, 0.15) is 5.69 Å². The Bertz CT molecular complexity index is 793. The molecule has 3 aliphatic heterocycles. The first kappa shape index (κ1) is 15.7. The lowest BCUT2D eigenvalue weighted by atomic mass is 9.84. The largest absolute Gasteiger partial charge is 0.437 e. The van der Waals surface area contributed by atoms with Gasteiger partial charge in [-0.2, -0.15) is 0 Å². The molecular formula is C18H22N4O4. The summed E-state index contributed by atoms with van der Waals surface area (Å²) in [6.45, 7) is 2.30. The first-order chi connectivity index (χ1) is 12.5. The molecule has 3 amide bonds. The number of amides is 3. The van der Waals surface area contributed by atoms with Gasteiger partial charge >= 0.3 is 6.09 Å². The SMILES string of the molecule is Cn1cccc1C(=O)N1CCN2C(=O)OC3(CN(C(=O)C4CC4)C3)C2C1. The van der Waals surface area contributed by atoms with E-state index in [9.17, 15) is 14.4 Å². The quantitative estimate of drug-likeness (QED) is 0.762. The molecule has 1 aliphatic carbocycles. The number of ether oxygens (including phenoxy) is 1. The molecule has 1 aromatic rings. The summed E-state index contributed by atoms with van der Waals surface area (Å²) < 4.78 is 7.51. The lowest BCUT2D eigenvalue weighted by Gasteiger charge is -2.51. The van der Waals surface area contributed by atoms with Crippen LogP contribution < -0.4 is 0 Å². The minimum Gasteiger partial charge on any atom is -0.437 e. The normalized spacial score (nSPS) is 26.6. The van der Waals surface area contributed by atoms with Crippen molar-refractivity contribution in [2.75, 3.05) is 32.7 Å². The maximum Gasteiger partial charge on any atom is 0.411 e. The number of aromatic nitrogens is 1. The third kappa shape index (κ3) is 2.17. The van der Waals surface area contributed by atoms with E-state index in [0.717, 1.165) is 12.8 Å². The summed E-state index contributed by atoms with van der Waals surface area (Å²) in [6, 6.07) is 3.47. The van der Waals surface area contributed by atoms with Crippen LogP contribution in [0.5, 0.6) is 0 Å². The third-order valence-corrected chi connectivity index (χ3v) is 6.12. The van der Waals surface area contributed by atoms with Crippen molar-refractivity contribution in [1.29, 1.82) is 0 Å². The van der Waals surface area contributed by atoms with E-state index in [0.29, 0.717) is 38.4 Å². The molecule has 8 nitrogen and oxygen atoms in total. The Morgan fingerprint density at radius 1 is 1.19 bits per heavy atom. The molecule has 1 saturated carbocycles. The molecule has 0 radical (unpaired) electrons. The highest BCUT2D eigenvalue weighted by Crippen LogP contribution is 2.42.